The molecular weight excluding hydrogens is 100 g/mol. The van der Waals surface area contributed by atoms with Crippen LogP contribution in [-0.4, -0.2) is 13.2 Å². The fraction of sp³-hybridized carbons (Fsp3) is 0.714. The summed E-state index contributed by atoms with van der Waals surface area (Å²) in [6, 6.07) is 0. The van der Waals surface area contributed by atoms with Gasteiger partial charge in [0.25, 0.3) is 0 Å². The predicted molar refractivity (Wildman–Crippen MR) is 33.7 cm³/mol. The average Bonchev–Trinajstić information content (AvgIpc) is 1.77. The molecule has 0 aromatic rings. The molecule has 0 aliphatic carbocycles. The molecule has 0 saturated carbocycles. The lowest BCUT2D eigenvalue weighted by atomic mass is 10.0. The first-order valence-corrected chi connectivity index (χ1v) is 3.05. The Bertz CT molecular complexity index is 105. The highest BCUT2D eigenvalue weighted by Crippen LogP contribution is 2.13. The molecule has 0 N–H and O–H groups in total. The van der Waals surface area contributed by atoms with Crippen molar-refractivity contribution in [3.8, 4) is 0 Å². The third-order valence-corrected chi connectivity index (χ3v) is 1.67. The fourth-order valence-corrected chi connectivity index (χ4v) is 0.768. The van der Waals surface area contributed by atoms with Gasteiger partial charge in [0.1, 0.15) is 0 Å². The molecule has 0 bridgehead atoms. The van der Waals surface area contributed by atoms with Gasteiger partial charge in [-0.15, -0.1) is 0 Å². The minimum atomic E-state index is 0.642. The molecular formula is C7H12O. The van der Waals surface area contributed by atoms with Crippen molar-refractivity contribution in [3.63, 3.8) is 0 Å². The van der Waals surface area contributed by atoms with Gasteiger partial charge < -0.3 is 4.74 Å². The van der Waals surface area contributed by atoms with E-state index >= 15 is 0 Å². The summed E-state index contributed by atoms with van der Waals surface area (Å²) in [6.07, 6.45) is 2.15. The molecule has 46 valence electrons. The van der Waals surface area contributed by atoms with Gasteiger partial charge in [0.2, 0.25) is 0 Å². The summed E-state index contributed by atoms with van der Waals surface area (Å²) >= 11 is 0. The van der Waals surface area contributed by atoms with E-state index in [0.29, 0.717) is 5.92 Å². The third-order valence-electron chi connectivity index (χ3n) is 1.67. The third kappa shape index (κ3) is 1.10. The number of ether oxygens (including phenoxy) is 1. The second kappa shape index (κ2) is 2.31. The number of hydrogen-bond donors (Lipinski definition) is 0. The van der Waals surface area contributed by atoms with Crippen LogP contribution >= 0.6 is 0 Å². The molecule has 1 nitrogen and oxygen atoms in total. The summed E-state index contributed by atoms with van der Waals surface area (Å²) in [5.41, 5.74) is 1.47. The van der Waals surface area contributed by atoms with Crippen molar-refractivity contribution in [1.29, 1.82) is 0 Å². The van der Waals surface area contributed by atoms with Gasteiger partial charge >= 0.3 is 0 Å². The highest BCUT2D eigenvalue weighted by Gasteiger charge is 2.07. The maximum atomic E-state index is 5.18. The van der Waals surface area contributed by atoms with Crippen molar-refractivity contribution in [3.05, 3.63) is 11.6 Å². The Morgan fingerprint density at radius 3 is 2.88 bits per heavy atom. The van der Waals surface area contributed by atoms with E-state index in [9.17, 15) is 0 Å². The molecule has 1 aliphatic rings. The SMILES string of the molecule is CC1=CCOC[C@@H]1C. The van der Waals surface area contributed by atoms with Crippen molar-refractivity contribution >= 4 is 0 Å². The van der Waals surface area contributed by atoms with E-state index in [1.165, 1.54) is 5.57 Å². The van der Waals surface area contributed by atoms with Crippen LogP contribution in [-0.2, 0) is 4.74 Å². The zero-order chi connectivity index (χ0) is 5.98. The number of rotatable bonds is 0. The van der Waals surface area contributed by atoms with Gasteiger partial charge in [-0.05, 0) is 6.92 Å². The zero-order valence-corrected chi connectivity index (χ0v) is 5.48. The highest BCUT2D eigenvalue weighted by molar-refractivity contribution is 5.04. The Morgan fingerprint density at radius 2 is 2.50 bits per heavy atom. The molecule has 0 radical (unpaired) electrons. The van der Waals surface area contributed by atoms with Crippen molar-refractivity contribution in [2.24, 2.45) is 5.92 Å². The molecule has 0 fully saturated rings. The molecule has 0 unspecified atom stereocenters. The van der Waals surface area contributed by atoms with E-state index in [1.54, 1.807) is 0 Å². The standard InChI is InChI=1S/C7H12O/c1-6-3-4-8-5-7(6)2/h3,7H,4-5H2,1-2H3/t7-/m0/s1. The molecule has 1 rings (SSSR count). The number of hydrogen-bond acceptors (Lipinski definition) is 1. The first-order valence-electron chi connectivity index (χ1n) is 3.05. The summed E-state index contributed by atoms with van der Waals surface area (Å²) in [5, 5.41) is 0. The van der Waals surface area contributed by atoms with Gasteiger partial charge in [0.05, 0.1) is 13.2 Å². The summed E-state index contributed by atoms with van der Waals surface area (Å²) < 4.78 is 5.18. The van der Waals surface area contributed by atoms with Crippen molar-refractivity contribution < 1.29 is 4.74 Å². The van der Waals surface area contributed by atoms with Crippen LogP contribution in [0.15, 0.2) is 11.6 Å². The van der Waals surface area contributed by atoms with Crippen LogP contribution in [0.1, 0.15) is 13.8 Å². The second-order valence-electron chi connectivity index (χ2n) is 2.39. The van der Waals surface area contributed by atoms with E-state index < -0.39 is 0 Å². The fourth-order valence-electron chi connectivity index (χ4n) is 0.768. The summed E-state index contributed by atoms with van der Waals surface area (Å²) in [4.78, 5) is 0. The Labute approximate surface area is 50.3 Å². The smallest absolute Gasteiger partial charge is 0.0650 e. The summed E-state index contributed by atoms with van der Waals surface area (Å²) in [7, 11) is 0. The van der Waals surface area contributed by atoms with Crippen LogP contribution < -0.4 is 0 Å². The van der Waals surface area contributed by atoms with E-state index in [0.717, 1.165) is 13.2 Å². The maximum absolute atomic E-state index is 5.18. The first kappa shape index (κ1) is 5.83. The Hall–Kier alpha value is -0.300. The molecule has 1 heterocycles. The lowest BCUT2D eigenvalue weighted by molar-refractivity contribution is 0.126. The molecule has 1 heteroatoms. The van der Waals surface area contributed by atoms with Gasteiger partial charge in [-0.25, -0.2) is 0 Å². The average molecular weight is 112 g/mol. The van der Waals surface area contributed by atoms with Gasteiger partial charge in [-0.2, -0.15) is 0 Å². The van der Waals surface area contributed by atoms with E-state index in [1.807, 2.05) is 0 Å². The van der Waals surface area contributed by atoms with Crippen molar-refractivity contribution in [1.82, 2.24) is 0 Å². The largest absolute Gasteiger partial charge is 0.377 e. The minimum Gasteiger partial charge on any atom is -0.377 e. The van der Waals surface area contributed by atoms with Gasteiger partial charge in [0.15, 0.2) is 0 Å². The summed E-state index contributed by atoms with van der Waals surface area (Å²) in [5.74, 6) is 0.642. The molecule has 0 aromatic heterocycles. The quantitative estimate of drug-likeness (QED) is 0.432. The normalized spacial score (nSPS) is 29.8. The first-order chi connectivity index (χ1) is 3.80. The Kier molecular flexibility index (Phi) is 1.69. The van der Waals surface area contributed by atoms with Crippen LogP contribution in [0.25, 0.3) is 0 Å². The van der Waals surface area contributed by atoms with Crippen LogP contribution in [0, 0.1) is 5.92 Å². The van der Waals surface area contributed by atoms with E-state index in [4.69, 9.17) is 4.74 Å². The maximum Gasteiger partial charge on any atom is 0.0650 e. The molecule has 1 atom stereocenters. The topological polar surface area (TPSA) is 9.23 Å². The van der Waals surface area contributed by atoms with E-state index in [-0.39, 0.29) is 0 Å². The molecule has 0 saturated heterocycles. The second-order valence-corrected chi connectivity index (χ2v) is 2.39. The highest BCUT2D eigenvalue weighted by atomic mass is 16.5. The van der Waals surface area contributed by atoms with E-state index in [2.05, 4.69) is 19.9 Å². The molecule has 1 aliphatic heterocycles. The van der Waals surface area contributed by atoms with Gasteiger partial charge in [-0.1, -0.05) is 18.6 Å². The Balaban J connectivity index is 2.53. The molecule has 8 heavy (non-hydrogen) atoms. The lowest BCUT2D eigenvalue weighted by Crippen LogP contribution is -2.12. The van der Waals surface area contributed by atoms with Gasteiger partial charge in [0, 0.05) is 5.92 Å². The Morgan fingerprint density at radius 1 is 1.75 bits per heavy atom. The van der Waals surface area contributed by atoms with Crippen molar-refractivity contribution in [2.75, 3.05) is 13.2 Å². The predicted octanol–water partition coefficient (Wildman–Crippen LogP) is 1.60. The van der Waals surface area contributed by atoms with Crippen LogP contribution in [0.4, 0.5) is 0 Å². The minimum absolute atomic E-state index is 0.642. The van der Waals surface area contributed by atoms with Crippen molar-refractivity contribution in [2.45, 2.75) is 13.8 Å². The molecule has 0 spiro atoms. The molecule has 0 aromatic carbocycles. The lowest BCUT2D eigenvalue weighted by Gasteiger charge is -2.16. The van der Waals surface area contributed by atoms with Gasteiger partial charge in [-0.3, -0.25) is 0 Å². The molecule has 0 amide bonds. The van der Waals surface area contributed by atoms with Crippen LogP contribution in [0.3, 0.4) is 0 Å². The van der Waals surface area contributed by atoms with Crippen LogP contribution in [0.5, 0.6) is 0 Å². The zero-order valence-electron chi connectivity index (χ0n) is 5.48. The van der Waals surface area contributed by atoms with Crippen LogP contribution in [0.2, 0.25) is 0 Å². The summed E-state index contributed by atoms with van der Waals surface area (Å²) in [6.45, 7) is 6.07. The monoisotopic (exact) mass is 112 g/mol.